The molecule has 3 N–H and O–H groups in total. The highest BCUT2D eigenvalue weighted by atomic mass is 16.2. The number of carbonyl (C=O) groups is 3. The summed E-state index contributed by atoms with van der Waals surface area (Å²) in [7, 11) is 0. The zero-order valence-electron chi connectivity index (χ0n) is 12.7. The summed E-state index contributed by atoms with van der Waals surface area (Å²) < 4.78 is 0. The topological polar surface area (TPSA) is 100 Å². The minimum atomic E-state index is -0.328. The van der Waals surface area contributed by atoms with Gasteiger partial charge < -0.3 is 16.0 Å². The molecule has 0 radical (unpaired) electrons. The molecule has 0 saturated carbocycles. The molecule has 0 fully saturated rings. The number of carbonyl (C=O) groups excluding carboxylic acids is 3. The Morgan fingerprint density at radius 1 is 0.826 bits per heavy atom. The van der Waals surface area contributed by atoms with Crippen LogP contribution in [-0.2, 0) is 9.59 Å². The van der Waals surface area contributed by atoms with Crippen molar-refractivity contribution in [2.75, 3.05) is 16.0 Å². The van der Waals surface area contributed by atoms with Crippen molar-refractivity contribution in [1.82, 2.24) is 4.98 Å². The van der Waals surface area contributed by atoms with Crippen LogP contribution < -0.4 is 16.0 Å². The Balaban J connectivity index is 2.06. The lowest BCUT2D eigenvalue weighted by Crippen LogP contribution is -2.14. The first-order valence-corrected chi connectivity index (χ1v) is 6.86. The van der Waals surface area contributed by atoms with E-state index in [4.69, 9.17) is 0 Å². The summed E-state index contributed by atoms with van der Waals surface area (Å²) in [5.74, 6) is -0.440. The Morgan fingerprint density at radius 3 is 1.96 bits per heavy atom. The van der Waals surface area contributed by atoms with E-state index in [-0.39, 0.29) is 17.7 Å². The second kappa shape index (κ2) is 7.17. The number of pyridine rings is 1. The van der Waals surface area contributed by atoms with Gasteiger partial charge in [-0.15, -0.1) is 0 Å². The first-order chi connectivity index (χ1) is 10.9. The lowest BCUT2D eigenvalue weighted by atomic mass is 10.2. The summed E-state index contributed by atoms with van der Waals surface area (Å²) in [5, 5.41) is 7.89. The summed E-state index contributed by atoms with van der Waals surface area (Å²) in [5.41, 5.74) is 1.60. The van der Waals surface area contributed by atoms with E-state index >= 15 is 0 Å². The van der Waals surface area contributed by atoms with E-state index in [0.29, 0.717) is 22.8 Å². The van der Waals surface area contributed by atoms with Crippen molar-refractivity contribution in [3.8, 4) is 0 Å². The SMILES string of the molecule is CC(=O)Nc1ccc(NC(=O)c2ccnc(NC(C)=O)c2)cc1. The van der Waals surface area contributed by atoms with Crippen LogP contribution in [0, 0.1) is 0 Å². The fraction of sp³-hybridized carbons (Fsp3) is 0.125. The van der Waals surface area contributed by atoms with Crippen LogP contribution in [-0.4, -0.2) is 22.7 Å². The number of hydrogen-bond acceptors (Lipinski definition) is 4. The number of amides is 3. The standard InChI is InChI=1S/C16H16N4O3/c1-10(21)18-13-3-5-14(6-4-13)20-16(23)12-7-8-17-15(9-12)19-11(2)22/h3-9H,1-2H3,(H,18,21)(H,20,23)(H,17,19,22). The minimum absolute atomic E-state index is 0.163. The van der Waals surface area contributed by atoms with Gasteiger partial charge in [0.2, 0.25) is 11.8 Å². The molecule has 0 bridgehead atoms. The van der Waals surface area contributed by atoms with Crippen molar-refractivity contribution < 1.29 is 14.4 Å². The number of aromatic nitrogens is 1. The molecule has 1 aromatic carbocycles. The van der Waals surface area contributed by atoms with Gasteiger partial charge in [0.1, 0.15) is 5.82 Å². The third-order valence-corrected chi connectivity index (χ3v) is 2.79. The maximum atomic E-state index is 12.2. The Kier molecular flexibility index (Phi) is 5.03. The molecule has 1 aromatic heterocycles. The first-order valence-electron chi connectivity index (χ1n) is 6.86. The van der Waals surface area contributed by atoms with Crippen LogP contribution in [0.15, 0.2) is 42.6 Å². The van der Waals surface area contributed by atoms with Crippen LogP contribution >= 0.6 is 0 Å². The molecular weight excluding hydrogens is 296 g/mol. The van der Waals surface area contributed by atoms with Gasteiger partial charge >= 0.3 is 0 Å². The second-order valence-corrected chi connectivity index (χ2v) is 4.82. The number of rotatable bonds is 4. The number of nitrogens with one attached hydrogen (secondary N) is 3. The fourth-order valence-corrected chi connectivity index (χ4v) is 1.86. The Bertz CT molecular complexity index is 741. The number of benzene rings is 1. The summed E-state index contributed by atoms with van der Waals surface area (Å²) in [6, 6.07) is 9.77. The van der Waals surface area contributed by atoms with Gasteiger partial charge in [0.25, 0.3) is 5.91 Å². The molecule has 0 unspecified atom stereocenters. The molecule has 0 aliphatic rings. The molecule has 2 aromatic rings. The predicted octanol–water partition coefficient (Wildman–Crippen LogP) is 2.25. The zero-order valence-corrected chi connectivity index (χ0v) is 12.7. The van der Waals surface area contributed by atoms with Gasteiger partial charge in [0.05, 0.1) is 0 Å². The summed E-state index contributed by atoms with van der Waals surface area (Å²) in [4.78, 5) is 38.1. The van der Waals surface area contributed by atoms with E-state index in [9.17, 15) is 14.4 Å². The average Bonchev–Trinajstić information content (AvgIpc) is 2.48. The van der Waals surface area contributed by atoms with E-state index in [1.54, 1.807) is 30.3 Å². The fourth-order valence-electron chi connectivity index (χ4n) is 1.86. The maximum absolute atomic E-state index is 12.2. The Hall–Kier alpha value is -3.22. The summed E-state index contributed by atoms with van der Waals surface area (Å²) >= 11 is 0. The molecule has 3 amide bonds. The van der Waals surface area contributed by atoms with Gasteiger partial charge in [-0.2, -0.15) is 0 Å². The van der Waals surface area contributed by atoms with Gasteiger partial charge in [-0.25, -0.2) is 4.98 Å². The lowest BCUT2D eigenvalue weighted by Gasteiger charge is -2.08. The molecule has 118 valence electrons. The van der Waals surface area contributed by atoms with Crippen LogP contribution in [0.5, 0.6) is 0 Å². The van der Waals surface area contributed by atoms with E-state index in [1.807, 2.05) is 0 Å². The van der Waals surface area contributed by atoms with Gasteiger partial charge in [0.15, 0.2) is 0 Å². The predicted molar refractivity (Wildman–Crippen MR) is 87.2 cm³/mol. The molecule has 0 spiro atoms. The van der Waals surface area contributed by atoms with Crippen LogP contribution in [0.1, 0.15) is 24.2 Å². The van der Waals surface area contributed by atoms with Crippen molar-refractivity contribution in [3.05, 3.63) is 48.2 Å². The van der Waals surface area contributed by atoms with Gasteiger partial charge in [-0.3, -0.25) is 14.4 Å². The third-order valence-electron chi connectivity index (χ3n) is 2.79. The van der Waals surface area contributed by atoms with E-state index < -0.39 is 0 Å². The molecule has 7 heteroatoms. The van der Waals surface area contributed by atoms with Crippen molar-refractivity contribution in [3.63, 3.8) is 0 Å². The minimum Gasteiger partial charge on any atom is -0.326 e. The van der Waals surface area contributed by atoms with Crippen molar-refractivity contribution in [1.29, 1.82) is 0 Å². The molecular formula is C16H16N4O3. The number of nitrogens with zero attached hydrogens (tertiary/aromatic N) is 1. The average molecular weight is 312 g/mol. The molecule has 2 rings (SSSR count). The summed E-state index contributed by atoms with van der Waals surface area (Å²) in [6.45, 7) is 2.79. The van der Waals surface area contributed by atoms with E-state index in [2.05, 4.69) is 20.9 Å². The van der Waals surface area contributed by atoms with Crippen LogP contribution in [0.25, 0.3) is 0 Å². The van der Waals surface area contributed by atoms with Crippen LogP contribution in [0.4, 0.5) is 17.2 Å². The smallest absolute Gasteiger partial charge is 0.255 e. The van der Waals surface area contributed by atoms with E-state index in [1.165, 1.54) is 26.1 Å². The largest absolute Gasteiger partial charge is 0.326 e. The normalized spacial score (nSPS) is 9.83. The monoisotopic (exact) mass is 312 g/mol. The van der Waals surface area contributed by atoms with Crippen molar-refractivity contribution in [2.24, 2.45) is 0 Å². The first kappa shape index (κ1) is 16.2. The van der Waals surface area contributed by atoms with E-state index in [0.717, 1.165) is 0 Å². The van der Waals surface area contributed by atoms with Gasteiger partial charge in [0, 0.05) is 37.0 Å². The van der Waals surface area contributed by atoms with Crippen molar-refractivity contribution >= 4 is 34.9 Å². The maximum Gasteiger partial charge on any atom is 0.255 e. The van der Waals surface area contributed by atoms with Crippen LogP contribution in [0.3, 0.4) is 0 Å². The Morgan fingerprint density at radius 2 is 1.39 bits per heavy atom. The Labute approximate surface area is 133 Å². The highest BCUT2D eigenvalue weighted by Gasteiger charge is 2.08. The molecule has 0 saturated heterocycles. The zero-order chi connectivity index (χ0) is 16.8. The van der Waals surface area contributed by atoms with Crippen molar-refractivity contribution in [2.45, 2.75) is 13.8 Å². The molecule has 23 heavy (non-hydrogen) atoms. The summed E-state index contributed by atoms with van der Waals surface area (Å²) in [6.07, 6.45) is 1.44. The quantitative estimate of drug-likeness (QED) is 0.806. The number of hydrogen-bond donors (Lipinski definition) is 3. The highest BCUT2D eigenvalue weighted by molar-refractivity contribution is 6.05. The molecule has 7 nitrogen and oxygen atoms in total. The molecule has 0 atom stereocenters. The molecule has 0 aliphatic heterocycles. The second-order valence-electron chi connectivity index (χ2n) is 4.82. The number of anilines is 3. The van der Waals surface area contributed by atoms with Gasteiger partial charge in [-0.1, -0.05) is 0 Å². The van der Waals surface area contributed by atoms with Gasteiger partial charge in [-0.05, 0) is 36.4 Å². The van der Waals surface area contributed by atoms with Crippen LogP contribution in [0.2, 0.25) is 0 Å². The third kappa shape index (κ3) is 4.92. The molecule has 1 heterocycles. The highest BCUT2D eigenvalue weighted by Crippen LogP contribution is 2.15. The lowest BCUT2D eigenvalue weighted by molar-refractivity contribution is -0.115. The molecule has 0 aliphatic carbocycles.